The summed E-state index contributed by atoms with van der Waals surface area (Å²) in [5, 5.41) is 5.73. The Morgan fingerprint density at radius 3 is 2.11 bits per heavy atom. The number of carbonyl (C=O) groups is 2. The molecule has 5 aromatic rings. The van der Waals surface area contributed by atoms with Crippen molar-refractivity contribution in [3.05, 3.63) is 107 Å². The minimum Gasteiger partial charge on any atom is -0.267 e. The fourth-order valence-corrected chi connectivity index (χ4v) is 4.08. The van der Waals surface area contributed by atoms with Crippen LogP contribution in [-0.4, -0.2) is 26.6 Å². The van der Waals surface area contributed by atoms with Crippen LogP contribution in [0.15, 0.2) is 89.7 Å². The largest absolute Gasteiger partial charge is 0.290 e. The van der Waals surface area contributed by atoms with Crippen LogP contribution in [0.3, 0.4) is 0 Å². The molecule has 0 unspecified atom stereocenters. The number of benzene rings is 3. The normalized spacial score (nSPS) is 11.1. The van der Waals surface area contributed by atoms with Crippen molar-refractivity contribution in [2.75, 3.05) is 0 Å². The van der Waals surface area contributed by atoms with Gasteiger partial charge < -0.3 is 0 Å². The van der Waals surface area contributed by atoms with Gasteiger partial charge in [-0.3, -0.25) is 25.2 Å². The molecule has 2 amide bonds. The fraction of sp³-hybridized carbons (Fsp3) is 0.107. The van der Waals surface area contributed by atoms with E-state index in [4.69, 9.17) is 4.98 Å². The zero-order chi connectivity index (χ0) is 25.2. The van der Waals surface area contributed by atoms with Crippen LogP contribution in [0.25, 0.3) is 32.9 Å². The molecule has 0 saturated heterocycles. The van der Waals surface area contributed by atoms with Crippen LogP contribution in [0.4, 0.5) is 0 Å². The summed E-state index contributed by atoms with van der Waals surface area (Å²) in [7, 11) is 0. The molecule has 0 spiro atoms. The molecule has 36 heavy (non-hydrogen) atoms. The molecule has 8 nitrogen and oxygen atoms in total. The maximum Gasteiger partial charge on any atom is 0.290 e. The van der Waals surface area contributed by atoms with Gasteiger partial charge in [-0.15, -0.1) is 0 Å². The lowest BCUT2D eigenvalue weighted by Gasteiger charge is -2.14. The van der Waals surface area contributed by atoms with Crippen LogP contribution in [0.1, 0.15) is 40.7 Å². The highest BCUT2D eigenvalue weighted by Crippen LogP contribution is 2.24. The summed E-state index contributed by atoms with van der Waals surface area (Å²) in [6.07, 6.45) is 0. The molecular weight excluding hydrogens is 454 g/mol. The topological polar surface area (TPSA) is 106 Å². The van der Waals surface area contributed by atoms with Crippen LogP contribution < -0.4 is 16.4 Å². The van der Waals surface area contributed by atoms with Crippen molar-refractivity contribution in [3.63, 3.8) is 0 Å². The summed E-state index contributed by atoms with van der Waals surface area (Å²) < 4.78 is 1.27. The van der Waals surface area contributed by atoms with E-state index in [1.165, 1.54) is 4.68 Å². The lowest BCUT2D eigenvalue weighted by molar-refractivity contribution is 0.0844. The summed E-state index contributed by atoms with van der Waals surface area (Å²) in [6.45, 7) is 3.62. The molecule has 8 heteroatoms. The van der Waals surface area contributed by atoms with Crippen molar-refractivity contribution in [2.45, 2.75) is 19.9 Å². The standard InChI is InChI=1S/C28H23N5O3/c1-17(2)33-28(36)21-14-7-6-13-20(21)25(32-33)27(35)31-30-26(34)22-16-24(18-10-4-3-5-11-18)29-23-15-9-8-12-19(22)23/h3-17H,1-2H3,(H,30,34)(H,31,35). The summed E-state index contributed by atoms with van der Waals surface area (Å²) in [6, 6.07) is 25.1. The minimum atomic E-state index is -0.629. The van der Waals surface area contributed by atoms with E-state index >= 15 is 0 Å². The number of hydrogen-bond acceptors (Lipinski definition) is 5. The molecular formula is C28H23N5O3. The van der Waals surface area contributed by atoms with Crippen LogP contribution in [0, 0.1) is 0 Å². The van der Waals surface area contributed by atoms with Gasteiger partial charge in [0.1, 0.15) is 0 Å². The Morgan fingerprint density at radius 1 is 0.778 bits per heavy atom. The van der Waals surface area contributed by atoms with E-state index in [2.05, 4.69) is 16.0 Å². The van der Waals surface area contributed by atoms with Gasteiger partial charge in [-0.1, -0.05) is 66.7 Å². The molecule has 0 aliphatic heterocycles. The van der Waals surface area contributed by atoms with E-state index in [1.54, 1.807) is 36.4 Å². The first-order valence-electron chi connectivity index (χ1n) is 11.5. The molecule has 5 rings (SSSR count). The van der Waals surface area contributed by atoms with Crippen LogP contribution in [-0.2, 0) is 0 Å². The zero-order valence-electron chi connectivity index (χ0n) is 19.7. The predicted octanol–water partition coefficient (Wildman–Crippen LogP) is 4.27. The van der Waals surface area contributed by atoms with Crippen molar-refractivity contribution < 1.29 is 9.59 Å². The first kappa shape index (κ1) is 22.9. The number of amides is 2. The number of pyridine rings is 1. The van der Waals surface area contributed by atoms with E-state index in [0.29, 0.717) is 32.9 Å². The van der Waals surface area contributed by atoms with Gasteiger partial charge in [0, 0.05) is 16.3 Å². The summed E-state index contributed by atoms with van der Waals surface area (Å²) in [5.74, 6) is -1.13. The summed E-state index contributed by atoms with van der Waals surface area (Å²) in [4.78, 5) is 43.8. The second kappa shape index (κ2) is 9.42. The van der Waals surface area contributed by atoms with Crippen molar-refractivity contribution in [1.29, 1.82) is 0 Å². The number of hydrogen-bond donors (Lipinski definition) is 2. The molecule has 0 fully saturated rings. The Balaban J connectivity index is 1.48. The predicted molar refractivity (Wildman–Crippen MR) is 138 cm³/mol. The maximum atomic E-state index is 13.2. The van der Waals surface area contributed by atoms with Gasteiger partial charge >= 0.3 is 0 Å². The molecule has 178 valence electrons. The lowest BCUT2D eigenvalue weighted by Crippen LogP contribution is -2.43. The lowest BCUT2D eigenvalue weighted by atomic mass is 10.0. The number of nitrogens with one attached hydrogen (secondary N) is 2. The molecule has 2 aromatic heterocycles. The van der Waals surface area contributed by atoms with Crippen molar-refractivity contribution in [2.24, 2.45) is 0 Å². The number of hydrazine groups is 1. The first-order valence-corrected chi connectivity index (χ1v) is 11.5. The molecule has 0 radical (unpaired) electrons. The van der Waals surface area contributed by atoms with Crippen molar-refractivity contribution in [3.8, 4) is 11.3 Å². The highest BCUT2D eigenvalue weighted by Gasteiger charge is 2.20. The van der Waals surface area contributed by atoms with E-state index < -0.39 is 11.8 Å². The Morgan fingerprint density at radius 2 is 1.39 bits per heavy atom. The van der Waals surface area contributed by atoms with Crippen LogP contribution in [0.2, 0.25) is 0 Å². The molecule has 3 aromatic carbocycles. The average Bonchev–Trinajstić information content (AvgIpc) is 2.91. The highest BCUT2D eigenvalue weighted by molar-refractivity contribution is 6.09. The smallest absolute Gasteiger partial charge is 0.267 e. The SMILES string of the molecule is CC(C)n1nc(C(=O)NNC(=O)c2cc(-c3ccccc3)nc3ccccc23)c2ccccc2c1=O. The van der Waals surface area contributed by atoms with E-state index in [9.17, 15) is 14.4 Å². The second-order valence-electron chi connectivity index (χ2n) is 8.58. The van der Waals surface area contributed by atoms with Crippen LogP contribution >= 0.6 is 0 Å². The Labute approximate surface area is 206 Å². The average molecular weight is 478 g/mol. The number of aromatic nitrogens is 3. The quantitative estimate of drug-likeness (QED) is 0.376. The molecule has 0 aliphatic carbocycles. The third-order valence-electron chi connectivity index (χ3n) is 5.85. The fourth-order valence-electron chi connectivity index (χ4n) is 4.08. The molecule has 0 atom stereocenters. The number of para-hydroxylation sites is 1. The van der Waals surface area contributed by atoms with E-state index in [1.807, 2.05) is 62.4 Å². The third-order valence-corrected chi connectivity index (χ3v) is 5.85. The minimum absolute atomic E-state index is 0.0451. The first-order chi connectivity index (χ1) is 17.4. The van der Waals surface area contributed by atoms with E-state index in [0.717, 1.165) is 5.56 Å². The molecule has 0 saturated carbocycles. The van der Waals surface area contributed by atoms with Crippen LogP contribution in [0.5, 0.6) is 0 Å². The summed E-state index contributed by atoms with van der Waals surface area (Å²) >= 11 is 0. The van der Waals surface area contributed by atoms with Gasteiger partial charge in [-0.25, -0.2) is 9.67 Å². The molecule has 2 heterocycles. The number of nitrogens with zero attached hydrogens (tertiary/aromatic N) is 3. The van der Waals surface area contributed by atoms with Crippen molar-refractivity contribution >= 4 is 33.5 Å². The molecule has 2 N–H and O–H groups in total. The van der Waals surface area contributed by atoms with Gasteiger partial charge in [0.2, 0.25) is 0 Å². The van der Waals surface area contributed by atoms with Gasteiger partial charge in [-0.05, 0) is 32.0 Å². The maximum absolute atomic E-state index is 13.2. The Kier molecular flexibility index (Phi) is 6.00. The Bertz CT molecular complexity index is 1680. The monoisotopic (exact) mass is 477 g/mol. The van der Waals surface area contributed by atoms with Gasteiger partial charge in [0.25, 0.3) is 17.4 Å². The summed E-state index contributed by atoms with van der Waals surface area (Å²) in [5.41, 5.74) is 7.26. The number of rotatable bonds is 4. The highest BCUT2D eigenvalue weighted by atomic mass is 16.2. The second-order valence-corrected chi connectivity index (χ2v) is 8.58. The Hall–Kier alpha value is -4.85. The zero-order valence-corrected chi connectivity index (χ0v) is 19.7. The van der Waals surface area contributed by atoms with Crippen molar-refractivity contribution in [1.82, 2.24) is 25.6 Å². The van der Waals surface area contributed by atoms with Gasteiger partial charge in [-0.2, -0.15) is 5.10 Å². The number of fused-ring (bicyclic) bond motifs is 2. The molecule has 0 aliphatic rings. The van der Waals surface area contributed by atoms with Gasteiger partial charge in [0.05, 0.1) is 28.2 Å². The van der Waals surface area contributed by atoms with E-state index in [-0.39, 0.29) is 17.3 Å². The molecule has 0 bridgehead atoms. The number of carbonyl (C=O) groups excluding carboxylic acids is 2. The van der Waals surface area contributed by atoms with Gasteiger partial charge in [0.15, 0.2) is 5.69 Å². The third kappa shape index (κ3) is 4.20.